The number of aliphatic hydroxyl groups excluding tert-OH is 2. The van der Waals surface area contributed by atoms with Crippen LogP contribution in [0.25, 0.3) is 0 Å². The summed E-state index contributed by atoms with van der Waals surface area (Å²) in [4.78, 5) is 172. The Bertz CT molecular complexity index is 2460. The van der Waals surface area contributed by atoms with E-state index in [1.165, 1.54) is 104 Å². The van der Waals surface area contributed by atoms with Crippen LogP contribution in [-0.2, 0) is 52.7 Å². The Morgan fingerprint density at radius 2 is 0.890 bits per heavy atom. The maximum atomic E-state index is 15.3. The maximum absolute atomic E-state index is 15.3. The molecule has 1 fully saturated rings. The van der Waals surface area contributed by atoms with Crippen LogP contribution in [0.4, 0.5) is 0 Å². The summed E-state index contributed by atoms with van der Waals surface area (Å²) in [6.07, 6.45) is 3.85. The largest absolute Gasteiger partial charge is 0.396 e. The molecule has 0 aliphatic carbocycles. The number of likely N-dealkylation sites (N-methyl/N-ethyl adjacent to an activating group) is 7. The Morgan fingerprint density at radius 1 is 0.462 bits per heavy atom. The normalized spacial score (nSPS) is 26.7. The first-order valence-electron chi connectivity index (χ1n) is 32.8. The number of amides is 11. The molecule has 0 aromatic carbocycles. The molecule has 0 unspecified atom stereocenters. The van der Waals surface area contributed by atoms with Gasteiger partial charge in [-0.3, -0.25) is 52.7 Å². The van der Waals surface area contributed by atoms with Crippen LogP contribution in [0.2, 0.25) is 0 Å². The Morgan fingerprint density at radius 3 is 1.36 bits per heavy atom. The van der Waals surface area contributed by atoms with Gasteiger partial charge in [-0.2, -0.15) is 11.8 Å². The molecule has 25 heteroatoms. The van der Waals surface area contributed by atoms with Gasteiger partial charge in [-0.05, 0) is 113 Å². The van der Waals surface area contributed by atoms with Crippen molar-refractivity contribution in [3.8, 4) is 0 Å². The van der Waals surface area contributed by atoms with E-state index in [1.54, 1.807) is 68.4 Å². The SMILES string of the molecule is C/C=C/C[C@@H](C)[C@@H](O)[C@H]1C(=O)N[C@@H](CC)C(=O)N(C)[C@H](CSCCCCO)C(=O)N(C)[C@@H](C(C)C)C(=O)N[C@@H](C(C)C)C(=O)N(C)[C@@H](CC(C)C)C(=O)N[C@@H](C)C(=O)N[C@H](C)C(=O)N(C)[C@@H](CC(C)C)C(=O)N(C)[C@@H](CC(C)C)C(=O)N(C)[C@@H](C(C)C)C(=O)N1C. The third kappa shape index (κ3) is 23.6. The van der Waals surface area contributed by atoms with Crippen LogP contribution in [0.5, 0.6) is 0 Å². The van der Waals surface area contributed by atoms with E-state index < -0.39 is 161 Å². The molecule has 0 aromatic heterocycles. The zero-order valence-electron chi connectivity index (χ0n) is 59.6. The highest BCUT2D eigenvalue weighted by atomic mass is 32.2. The van der Waals surface area contributed by atoms with E-state index in [4.69, 9.17) is 0 Å². The van der Waals surface area contributed by atoms with Crippen LogP contribution < -0.4 is 21.3 Å². The third-order valence-electron chi connectivity index (χ3n) is 17.2. The van der Waals surface area contributed by atoms with Gasteiger partial charge in [0, 0.05) is 61.7 Å². The Balaban J connectivity index is 4.50. The van der Waals surface area contributed by atoms with Crippen LogP contribution in [0.15, 0.2) is 12.2 Å². The number of hydrogen-bond donors (Lipinski definition) is 6. The van der Waals surface area contributed by atoms with E-state index in [0.29, 0.717) is 25.0 Å². The number of rotatable bonds is 20. The van der Waals surface area contributed by atoms with Gasteiger partial charge in [0.05, 0.1) is 6.10 Å². The Kier molecular flexibility index (Phi) is 35.7. The molecule has 0 bridgehead atoms. The number of thioether (sulfide) groups is 1. The average Bonchev–Trinajstić information content (AvgIpc) is 0.876. The van der Waals surface area contributed by atoms with Gasteiger partial charge < -0.3 is 65.8 Å². The molecule has 1 aliphatic rings. The summed E-state index contributed by atoms with van der Waals surface area (Å²) >= 11 is 1.35. The predicted octanol–water partition coefficient (Wildman–Crippen LogP) is 3.75. The number of allylic oxidation sites excluding steroid dienone is 2. The Hall–Kier alpha value is -5.82. The number of nitrogens with zero attached hydrogens (tertiary/aromatic N) is 7. The lowest BCUT2D eigenvalue weighted by molar-refractivity contribution is -0.157. The van der Waals surface area contributed by atoms with Crippen molar-refractivity contribution in [3.05, 3.63) is 12.2 Å². The summed E-state index contributed by atoms with van der Waals surface area (Å²) in [7, 11) is 9.97. The molecular formula is C66H119N11O13S. The van der Waals surface area contributed by atoms with Gasteiger partial charge in [0.15, 0.2) is 0 Å². The third-order valence-corrected chi connectivity index (χ3v) is 18.3. The van der Waals surface area contributed by atoms with E-state index in [2.05, 4.69) is 21.3 Å². The number of unbranched alkanes of at least 4 members (excludes halogenated alkanes) is 1. The quantitative estimate of drug-likeness (QED) is 0.0748. The molecule has 0 saturated carbocycles. The van der Waals surface area contributed by atoms with Gasteiger partial charge in [0.2, 0.25) is 65.0 Å². The molecule has 13 atom stereocenters. The second kappa shape index (κ2) is 39.0. The summed E-state index contributed by atoms with van der Waals surface area (Å²) in [6, 6.07) is -13.9. The highest BCUT2D eigenvalue weighted by Gasteiger charge is 2.46. The fourth-order valence-electron chi connectivity index (χ4n) is 11.5. The minimum atomic E-state index is -1.64. The molecule has 0 radical (unpaired) electrons. The van der Waals surface area contributed by atoms with E-state index in [1.807, 2.05) is 47.6 Å². The van der Waals surface area contributed by atoms with Gasteiger partial charge in [0.25, 0.3) is 0 Å². The number of carbonyl (C=O) groups is 11. The molecule has 1 aliphatic heterocycles. The maximum Gasteiger partial charge on any atom is 0.246 e. The van der Waals surface area contributed by atoms with Crippen molar-refractivity contribution in [2.24, 2.45) is 41.4 Å². The van der Waals surface area contributed by atoms with Gasteiger partial charge in [-0.15, -0.1) is 0 Å². The number of hydrogen-bond acceptors (Lipinski definition) is 14. The number of nitrogens with one attached hydrogen (secondary N) is 4. The van der Waals surface area contributed by atoms with Crippen molar-refractivity contribution >= 4 is 76.7 Å². The highest BCUT2D eigenvalue weighted by molar-refractivity contribution is 7.99. The van der Waals surface area contributed by atoms with Crippen molar-refractivity contribution in [2.45, 2.75) is 235 Å². The summed E-state index contributed by atoms with van der Waals surface area (Å²) in [5, 5.41) is 32.9. The minimum Gasteiger partial charge on any atom is -0.396 e. The molecule has 24 nitrogen and oxygen atoms in total. The predicted molar refractivity (Wildman–Crippen MR) is 356 cm³/mol. The molecule has 1 saturated heterocycles. The van der Waals surface area contributed by atoms with Crippen LogP contribution in [-0.4, -0.2) is 250 Å². The van der Waals surface area contributed by atoms with Crippen molar-refractivity contribution in [1.29, 1.82) is 0 Å². The lowest BCUT2D eigenvalue weighted by Gasteiger charge is -2.41. The van der Waals surface area contributed by atoms with E-state index in [-0.39, 0.29) is 55.8 Å². The number of aliphatic hydroxyl groups is 2. The van der Waals surface area contributed by atoms with Crippen molar-refractivity contribution in [3.63, 3.8) is 0 Å². The standard InChI is InChI=1S/C66H119N11O13S/c1-25-27-30-43(15)55(79)54-59(83)69-46(26-2)61(85)74(21)50(36-91-32-29-28-31-78)64(88)75(22)52(41(11)12)58(82)70-51(40(9)10)65(89)71(18)47(33-37(3)4)57(81)67-44(16)56(80)68-45(17)60(84)72(19)48(34-38(5)6)62(86)73(20)49(35-39(7)8)63(87)76(23)53(42(13)14)66(90)77(54)24/h25,27,37-55,78-79H,26,28-36H2,1-24H3,(H,67,81)(H,68,80)(H,69,83)(H,70,82)/b27-25+/t43-,44+,45-,46+,47+,48+,49+,50-,51+,52+,53+,54+,55-/m1/s1. The van der Waals surface area contributed by atoms with Crippen molar-refractivity contribution in [2.75, 3.05) is 67.4 Å². The fourth-order valence-corrected chi connectivity index (χ4v) is 12.7. The number of carbonyl (C=O) groups excluding carboxylic acids is 11. The molecule has 1 heterocycles. The van der Waals surface area contributed by atoms with Crippen LogP contribution >= 0.6 is 11.8 Å². The Labute approximate surface area is 549 Å². The molecular weight excluding hydrogens is 1190 g/mol. The second-order valence-corrected chi connectivity index (χ2v) is 28.5. The first-order valence-corrected chi connectivity index (χ1v) is 33.9. The zero-order valence-corrected chi connectivity index (χ0v) is 60.4. The average molecular weight is 1310 g/mol. The topological polar surface area (TPSA) is 299 Å². The molecule has 91 heavy (non-hydrogen) atoms. The van der Waals surface area contributed by atoms with Gasteiger partial charge in [-0.25, -0.2) is 0 Å². The summed E-state index contributed by atoms with van der Waals surface area (Å²) in [5.41, 5.74) is 0. The van der Waals surface area contributed by atoms with Gasteiger partial charge in [0.1, 0.15) is 66.5 Å². The summed E-state index contributed by atoms with van der Waals surface area (Å²) in [5.74, 6) is -9.85. The first-order chi connectivity index (χ1) is 42.2. The first kappa shape index (κ1) is 83.2. The minimum absolute atomic E-state index is 0.00986. The molecule has 6 N–H and O–H groups in total. The molecule has 0 aromatic rings. The molecule has 1 rings (SSSR count). The lowest BCUT2D eigenvalue weighted by Crippen LogP contribution is -2.64. The lowest BCUT2D eigenvalue weighted by atomic mass is 9.91. The molecule has 522 valence electrons. The zero-order chi connectivity index (χ0) is 70.4. The van der Waals surface area contributed by atoms with E-state index >= 15 is 28.8 Å². The van der Waals surface area contributed by atoms with E-state index in [0.717, 1.165) is 4.90 Å². The summed E-state index contributed by atoms with van der Waals surface area (Å²) in [6.45, 7) is 29.5. The van der Waals surface area contributed by atoms with Crippen molar-refractivity contribution < 1.29 is 63.0 Å². The monoisotopic (exact) mass is 1310 g/mol. The second-order valence-electron chi connectivity index (χ2n) is 27.4. The molecule has 11 amide bonds. The fraction of sp³-hybridized carbons (Fsp3) is 0.803. The van der Waals surface area contributed by atoms with Crippen LogP contribution in [0.1, 0.15) is 163 Å². The van der Waals surface area contributed by atoms with Gasteiger partial charge >= 0.3 is 0 Å². The van der Waals surface area contributed by atoms with E-state index in [9.17, 15) is 34.2 Å². The molecule has 0 spiro atoms. The van der Waals surface area contributed by atoms with Crippen molar-refractivity contribution in [1.82, 2.24) is 55.6 Å². The van der Waals surface area contributed by atoms with Crippen LogP contribution in [0.3, 0.4) is 0 Å². The smallest absolute Gasteiger partial charge is 0.246 e. The highest BCUT2D eigenvalue weighted by Crippen LogP contribution is 2.26. The van der Waals surface area contributed by atoms with Crippen LogP contribution in [0, 0.1) is 41.4 Å². The summed E-state index contributed by atoms with van der Waals surface area (Å²) < 4.78 is 0. The van der Waals surface area contributed by atoms with Gasteiger partial charge in [-0.1, -0.05) is 109 Å².